The van der Waals surface area contributed by atoms with Gasteiger partial charge >= 0.3 is 6.18 Å². The second-order valence-corrected chi connectivity index (χ2v) is 7.61. The topological polar surface area (TPSA) is 41.1 Å². The molecule has 0 fully saturated rings. The zero-order valence-electron chi connectivity index (χ0n) is 15.6. The molecular weight excluding hydrogens is 397 g/mol. The van der Waals surface area contributed by atoms with Gasteiger partial charge in [0.15, 0.2) is 0 Å². The molecule has 0 saturated carbocycles. The molecule has 1 amide bonds. The normalized spacial score (nSPS) is 11.4. The van der Waals surface area contributed by atoms with E-state index in [0.29, 0.717) is 25.2 Å². The summed E-state index contributed by atoms with van der Waals surface area (Å²) in [5, 5.41) is 8.12. The van der Waals surface area contributed by atoms with Gasteiger partial charge in [-0.1, -0.05) is 30.3 Å². The van der Waals surface area contributed by atoms with E-state index in [4.69, 9.17) is 0 Å². The van der Waals surface area contributed by atoms with E-state index < -0.39 is 11.7 Å². The number of carbonyl (C=O) groups excluding carboxylic acids is 1. The van der Waals surface area contributed by atoms with Gasteiger partial charge in [0.25, 0.3) is 5.91 Å². The molecule has 0 bridgehead atoms. The number of hydrogen-bond acceptors (Lipinski definition) is 3. The van der Waals surface area contributed by atoms with Crippen molar-refractivity contribution < 1.29 is 18.0 Å². The molecule has 0 radical (unpaired) electrons. The van der Waals surface area contributed by atoms with Gasteiger partial charge in [-0.05, 0) is 53.3 Å². The molecule has 3 aromatic rings. The third kappa shape index (κ3) is 6.44. The first kappa shape index (κ1) is 21.1. The number of nitrogens with one attached hydrogen (secondary N) is 2. The Kier molecular flexibility index (Phi) is 7.06. The molecule has 0 aliphatic carbocycles. The predicted molar refractivity (Wildman–Crippen MR) is 109 cm³/mol. The predicted octanol–water partition coefficient (Wildman–Crippen LogP) is 5.03. The van der Waals surface area contributed by atoms with Crippen molar-refractivity contribution in [2.24, 2.45) is 0 Å². The molecule has 29 heavy (non-hydrogen) atoms. The van der Waals surface area contributed by atoms with Gasteiger partial charge < -0.3 is 10.6 Å². The summed E-state index contributed by atoms with van der Waals surface area (Å²) in [6.45, 7) is 1.61. The van der Waals surface area contributed by atoms with Crippen LogP contribution in [0.5, 0.6) is 0 Å². The number of benzene rings is 2. The number of hydrogen-bond donors (Lipinski definition) is 2. The Morgan fingerprint density at radius 3 is 2.07 bits per heavy atom. The zero-order valence-corrected chi connectivity index (χ0v) is 16.4. The van der Waals surface area contributed by atoms with Crippen molar-refractivity contribution in [3.63, 3.8) is 0 Å². The van der Waals surface area contributed by atoms with Crippen LogP contribution in [-0.4, -0.2) is 12.5 Å². The van der Waals surface area contributed by atoms with E-state index in [0.717, 1.165) is 29.7 Å². The Morgan fingerprint density at radius 2 is 1.52 bits per heavy atom. The number of amides is 1. The maximum atomic E-state index is 12.6. The van der Waals surface area contributed by atoms with Crippen molar-refractivity contribution >= 4 is 17.2 Å². The van der Waals surface area contributed by atoms with Crippen molar-refractivity contribution in [1.82, 2.24) is 10.6 Å². The maximum Gasteiger partial charge on any atom is 0.416 e. The van der Waals surface area contributed by atoms with Crippen LogP contribution in [0.3, 0.4) is 0 Å². The van der Waals surface area contributed by atoms with Crippen molar-refractivity contribution in [3.05, 3.63) is 93.2 Å². The molecule has 3 rings (SSSR count). The summed E-state index contributed by atoms with van der Waals surface area (Å²) in [5.41, 5.74) is 1.72. The standard InChI is InChI=1S/C22H21F3N2OS/c23-22(24,25)19-9-5-17(6-10-19)15-26-14-16-3-7-18(8-4-16)21(28)27-12-11-20-2-1-13-29-20/h1-10,13,26H,11-12,14-15H2,(H,27,28). The first-order chi connectivity index (χ1) is 13.9. The molecule has 152 valence electrons. The van der Waals surface area contributed by atoms with E-state index >= 15 is 0 Å². The van der Waals surface area contributed by atoms with Gasteiger partial charge in [-0.15, -0.1) is 11.3 Å². The van der Waals surface area contributed by atoms with Crippen LogP contribution in [0.1, 0.15) is 31.9 Å². The minimum Gasteiger partial charge on any atom is -0.352 e. The lowest BCUT2D eigenvalue weighted by atomic mass is 10.1. The number of thiophene rings is 1. The molecule has 0 aliphatic heterocycles. The number of halogens is 3. The van der Waals surface area contributed by atoms with Crippen LogP contribution >= 0.6 is 11.3 Å². The minimum atomic E-state index is -4.32. The Morgan fingerprint density at radius 1 is 0.897 bits per heavy atom. The Labute approximate surface area is 171 Å². The molecule has 0 aliphatic rings. The third-order valence-electron chi connectivity index (χ3n) is 4.39. The van der Waals surface area contributed by atoms with Crippen molar-refractivity contribution in [3.8, 4) is 0 Å². The largest absolute Gasteiger partial charge is 0.416 e. The van der Waals surface area contributed by atoms with E-state index in [2.05, 4.69) is 10.6 Å². The molecule has 0 unspecified atom stereocenters. The number of rotatable bonds is 8. The Hall–Kier alpha value is -2.64. The van der Waals surface area contributed by atoms with Crippen LogP contribution in [0.2, 0.25) is 0 Å². The molecule has 7 heteroatoms. The maximum absolute atomic E-state index is 12.6. The molecule has 0 spiro atoms. The van der Waals surface area contributed by atoms with Crippen molar-refractivity contribution in [1.29, 1.82) is 0 Å². The van der Waals surface area contributed by atoms with Crippen LogP contribution in [0.25, 0.3) is 0 Å². The van der Waals surface area contributed by atoms with E-state index in [1.807, 2.05) is 29.6 Å². The summed E-state index contributed by atoms with van der Waals surface area (Å²) in [7, 11) is 0. The highest BCUT2D eigenvalue weighted by atomic mass is 32.1. The summed E-state index contributed by atoms with van der Waals surface area (Å²) >= 11 is 1.67. The van der Waals surface area contributed by atoms with Gasteiger partial charge in [0.1, 0.15) is 0 Å². The van der Waals surface area contributed by atoms with Crippen LogP contribution < -0.4 is 10.6 Å². The lowest BCUT2D eigenvalue weighted by Crippen LogP contribution is -2.25. The monoisotopic (exact) mass is 418 g/mol. The SMILES string of the molecule is O=C(NCCc1cccs1)c1ccc(CNCc2ccc(C(F)(F)F)cc2)cc1. The smallest absolute Gasteiger partial charge is 0.352 e. The van der Waals surface area contributed by atoms with Crippen molar-refractivity contribution in [2.75, 3.05) is 6.54 Å². The van der Waals surface area contributed by atoms with Crippen molar-refractivity contribution in [2.45, 2.75) is 25.7 Å². The van der Waals surface area contributed by atoms with E-state index in [1.54, 1.807) is 23.5 Å². The lowest BCUT2D eigenvalue weighted by molar-refractivity contribution is -0.137. The van der Waals surface area contributed by atoms with Gasteiger partial charge in [-0.25, -0.2) is 0 Å². The summed E-state index contributed by atoms with van der Waals surface area (Å²) < 4.78 is 37.7. The average molecular weight is 418 g/mol. The second kappa shape index (κ2) is 9.71. The van der Waals surface area contributed by atoms with E-state index in [9.17, 15) is 18.0 Å². The summed E-state index contributed by atoms with van der Waals surface area (Å²) in [4.78, 5) is 13.4. The molecule has 1 heterocycles. The zero-order chi connectivity index (χ0) is 20.7. The summed E-state index contributed by atoms with van der Waals surface area (Å²) in [5.74, 6) is -0.106. The molecule has 1 aromatic heterocycles. The van der Waals surface area contributed by atoms with Gasteiger partial charge in [0.05, 0.1) is 5.56 Å². The fourth-order valence-corrected chi connectivity index (χ4v) is 3.50. The highest BCUT2D eigenvalue weighted by molar-refractivity contribution is 7.09. The number of carbonyl (C=O) groups is 1. The molecule has 3 nitrogen and oxygen atoms in total. The van der Waals surface area contributed by atoms with Crippen LogP contribution in [0.15, 0.2) is 66.0 Å². The third-order valence-corrected chi connectivity index (χ3v) is 5.33. The molecule has 2 aromatic carbocycles. The number of alkyl halides is 3. The Balaban J connectivity index is 1.42. The van der Waals surface area contributed by atoms with Crippen LogP contribution in [-0.2, 0) is 25.7 Å². The van der Waals surface area contributed by atoms with E-state index in [1.165, 1.54) is 17.0 Å². The minimum absolute atomic E-state index is 0.106. The molecule has 0 saturated heterocycles. The Bertz CT molecular complexity index is 905. The fraction of sp³-hybridized carbons (Fsp3) is 0.227. The fourth-order valence-electron chi connectivity index (χ4n) is 2.79. The molecule has 2 N–H and O–H groups in total. The first-order valence-electron chi connectivity index (χ1n) is 9.18. The highest BCUT2D eigenvalue weighted by Crippen LogP contribution is 2.29. The van der Waals surface area contributed by atoms with Crippen LogP contribution in [0, 0.1) is 0 Å². The quantitative estimate of drug-likeness (QED) is 0.539. The van der Waals surface area contributed by atoms with Gasteiger partial charge in [-0.3, -0.25) is 4.79 Å². The second-order valence-electron chi connectivity index (χ2n) is 6.58. The average Bonchev–Trinajstić information content (AvgIpc) is 3.22. The van der Waals surface area contributed by atoms with Gasteiger partial charge in [-0.2, -0.15) is 13.2 Å². The molecular formula is C22H21F3N2OS. The van der Waals surface area contributed by atoms with Gasteiger partial charge in [0, 0.05) is 30.1 Å². The van der Waals surface area contributed by atoms with E-state index in [-0.39, 0.29) is 5.91 Å². The highest BCUT2D eigenvalue weighted by Gasteiger charge is 2.29. The molecule has 0 atom stereocenters. The van der Waals surface area contributed by atoms with Gasteiger partial charge in [0.2, 0.25) is 0 Å². The first-order valence-corrected chi connectivity index (χ1v) is 10.1. The summed E-state index contributed by atoms with van der Waals surface area (Å²) in [6.07, 6.45) is -3.50. The summed E-state index contributed by atoms with van der Waals surface area (Å²) in [6, 6.07) is 16.4. The van der Waals surface area contributed by atoms with Crippen LogP contribution in [0.4, 0.5) is 13.2 Å². The lowest BCUT2D eigenvalue weighted by Gasteiger charge is -2.09.